The first kappa shape index (κ1) is 17.6. The third-order valence-electron chi connectivity index (χ3n) is 3.16. The van der Waals surface area contributed by atoms with Crippen molar-refractivity contribution in [2.45, 2.75) is 24.8 Å². The molecule has 0 radical (unpaired) electrons. The summed E-state index contributed by atoms with van der Waals surface area (Å²) in [5.41, 5.74) is 0.337. The Bertz CT molecular complexity index is 585. The van der Waals surface area contributed by atoms with E-state index in [9.17, 15) is 13.2 Å². The summed E-state index contributed by atoms with van der Waals surface area (Å²) in [6.45, 7) is 4.73. The zero-order valence-corrected chi connectivity index (χ0v) is 13.7. The number of nitrogens with zero attached hydrogens (tertiary/aromatic N) is 1. The molecule has 0 spiro atoms. The molecule has 2 N–H and O–H groups in total. The van der Waals surface area contributed by atoms with Crippen LogP contribution in [0.2, 0.25) is 0 Å². The summed E-state index contributed by atoms with van der Waals surface area (Å²) in [7, 11) is -0.258. The smallest absolute Gasteiger partial charge is 0.251 e. The van der Waals surface area contributed by atoms with Crippen molar-refractivity contribution in [2.24, 2.45) is 0 Å². The van der Waals surface area contributed by atoms with Crippen molar-refractivity contribution in [1.82, 2.24) is 14.9 Å². The van der Waals surface area contributed by atoms with Gasteiger partial charge in [0, 0.05) is 31.7 Å². The van der Waals surface area contributed by atoms with Gasteiger partial charge in [-0.25, -0.2) is 8.42 Å². The van der Waals surface area contributed by atoms with Crippen LogP contribution in [0, 0.1) is 0 Å². The van der Waals surface area contributed by atoms with Crippen LogP contribution in [0.5, 0.6) is 0 Å². The highest BCUT2D eigenvalue weighted by molar-refractivity contribution is 7.89. The van der Waals surface area contributed by atoms with Gasteiger partial charge in [-0.15, -0.1) is 0 Å². The molecular formula is C14H23N3O3S. The maximum Gasteiger partial charge on any atom is 0.251 e. The van der Waals surface area contributed by atoms with Crippen LogP contribution in [-0.2, 0) is 10.0 Å². The van der Waals surface area contributed by atoms with E-state index in [4.69, 9.17) is 0 Å². The fraction of sp³-hybridized carbons (Fsp3) is 0.500. The third-order valence-corrected chi connectivity index (χ3v) is 5.19. The summed E-state index contributed by atoms with van der Waals surface area (Å²) in [6.07, 6.45) is 0. The Morgan fingerprint density at radius 3 is 2.52 bits per heavy atom. The molecule has 0 bridgehead atoms. The van der Waals surface area contributed by atoms with Gasteiger partial charge >= 0.3 is 0 Å². The minimum absolute atomic E-state index is 0.125. The molecule has 7 heteroatoms. The van der Waals surface area contributed by atoms with Gasteiger partial charge in [-0.2, -0.15) is 4.31 Å². The van der Waals surface area contributed by atoms with E-state index in [0.29, 0.717) is 18.7 Å². The van der Waals surface area contributed by atoms with E-state index in [1.165, 1.54) is 23.5 Å². The van der Waals surface area contributed by atoms with Gasteiger partial charge in [-0.1, -0.05) is 6.07 Å². The molecule has 1 aromatic carbocycles. The van der Waals surface area contributed by atoms with Gasteiger partial charge < -0.3 is 10.6 Å². The molecule has 0 aliphatic rings. The van der Waals surface area contributed by atoms with Crippen LogP contribution in [0.25, 0.3) is 0 Å². The molecule has 0 saturated heterocycles. The van der Waals surface area contributed by atoms with E-state index in [2.05, 4.69) is 10.6 Å². The number of sulfonamides is 1. The number of nitrogens with one attached hydrogen (secondary N) is 2. The summed E-state index contributed by atoms with van der Waals surface area (Å²) in [6, 6.07) is 5.93. The van der Waals surface area contributed by atoms with E-state index >= 15 is 0 Å². The van der Waals surface area contributed by atoms with Crippen molar-refractivity contribution in [2.75, 3.05) is 27.2 Å². The lowest BCUT2D eigenvalue weighted by Gasteiger charge is -2.21. The Morgan fingerprint density at radius 1 is 1.29 bits per heavy atom. The maximum absolute atomic E-state index is 12.4. The molecular weight excluding hydrogens is 290 g/mol. The molecule has 0 unspecified atom stereocenters. The number of carbonyl (C=O) groups is 1. The van der Waals surface area contributed by atoms with Gasteiger partial charge in [0.2, 0.25) is 10.0 Å². The predicted octanol–water partition coefficient (Wildman–Crippen LogP) is 0.665. The number of likely N-dealkylation sites (N-methyl/N-ethyl adjacent to an activating group) is 1. The second kappa shape index (κ2) is 7.53. The van der Waals surface area contributed by atoms with E-state index in [1.54, 1.807) is 33.0 Å². The van der Waals surface area contributed by atoms with Crippen LogP contribution in [0.15, 0.2) is 29.2 Å². The third kappa shape index (κ3) is 4.52. The number of amides is 1. The number of rotatable bonds is 7. The van der Waals surface area contributed by atoms with E-state index in [1.807, 2.05) is 0 Å². The Hall–Kier alpha value is -1.44. The Kier molecular flexibility index (Phi) is 6.32. The lowest BCUT2D eigenvalue weighted by molar-refractivity contribution is 0.0954. The predicted molar refractivity (Wildman–Crippen MR) is 82.8 cm³/mol. The van der Waals surface area contributed by atoms with E-state index in [-0.39, 0.29) is 16.8 Å². The van der Waals surface area contributed by atoms with Crippen LogP contribution in [0.3, 0.4) is 0 Å². The molecule has 0 heterocycles. The van der Waals surface area contributed by atoms with Gasteiger partial charge in [-0.05, 0) is 39.1 Å². The number of hydrogen-bond acceptors (Lipinski definition) is 4. The summed E-state index contributed by atoms with van der Waals surface area (Å²) < 4.78 is 26.1. The molecule has 0 saturated carbocycles. The summed E-state index contributed by atoms with van der Waals surface area (Å²) >= 11 is 0. The fourth-order valence-electron chi connectivity index (χ4n) is 1.64. The Labute approximate surface area is 126 Å². The minimum Gasteiger partial charge on any atom is -0.351 e. The van der Waals surface area contributed by atoms with E-state index < -0.39 is 10.0 Å². The highest BCUT2D eigenvalue weighted by atomic mass is 32.2. The molecule has 0 aliphatic carbocycles. The maximum atomic E-state index is 12.4. The average Bonchev–Trinajstić information content (AvgIpc) is 2.46. The minimum atomic E-state index is -3.58. The van der Waals surface area contributed by atoms with E-state index in [0.717, 1.165) is 0 Å². The zero-order chi connectivity index (χ0) is 16.0. The van der Waals surface area contributed by atoms with Gasteiger partial charge in [0.25, 0.3) is 5.91 Å². The topological polar surface area (TPSA) is 78.5 Å². The van der Waals surface area contributed by atoms with Gasteiger partial charge in [0.1, 0.15) is 0 Å². The Morgan fingerprint density at radius 2 is 1.95 bits per heavy atom. The van der Waals surface area contributed by atoms with Crippen LogP contribution in [0.4, 0.5) is 0 Å². The van der Waals surface area contributed by atoms with Crippen molar-refractivity contribution in [1.29, 1.82) is 0 Å². The molecule has 1 aromatic rings. The highest BCUT2D eigenvalue weighted by Crippen LogP contribution is 2.17. The fourth-order valence-corrected chi connectivity index (χ4v) is 3.06. The normalized spacial score (nSPS) is 11.9. The van der Waals surface area contributed by atoms with Gasteiger partial charge in [0.05, 0.1) is 4.90 Å². The largest absolute Gasteiger partial charge is 0.351 e. The number of carbonyl (C=O) groups excluding carboxylic acids is 1. The molecule has 0 fully saturated rings. The lowest BCUT2D eigenvalue weighted by atomic mass is 10.2. The standard InChI is InChI=1S/C14H23N3O3S/c1-11(2)17(4)21(19,20)13-7-5-6-12(10-13)14(18)16-9-8-15-3/h5-7,10-11,15H,8-9H2,1-4H3,(H,16,18). The average molecular weight is 313 g/mol. The first-order valence-electron chi connectivity index (χ1n) is 6.81. The monoisotopic (exact) mass is 313 g/mol. The lowest BCUT2D eigenvalue weighted by Crippen LogP contribution is -2.33. The molecule has 6 nitrogen and oxygen atoms in total. The molecule has 0 aromatic heterocycles. The quantitative estimate of drug-likeness (QED) is 0.725. The van der Waals surface area contributed by atoms with Crippen LogP contribution in [0.1, 0.15) is 24.2 Å². The van der Waals surface area contributed by atoms with Gasteiger partial charge in [-0.3, -0.25) is 4.79 Å². The SMILES string of the molecule is CNCCNC(=O)c1cccc(S(=O)(=O)N(C)C(C)C)c1. The van der Waals surface area contributed by atoms with Crippen molar-refractivity contribution in [3.63, 3.8) is 0 Å². The first-order chi connectivity index (χ1) is 9.80. The van der Waals surface area contributed by atoms with Crippen LogP contribution >= 0.6 is 0 Å². The summed E-state index contributed by atoms with van der Waals surface area (Å²) in [5, 5.41) is 5.64. The van der Waals surface area contributed by atoms with Crippen molar-refractivity contribution >= 4 is 15.9 Å². The second-order valence-electron chi connectivity index (χ2n) is 5.00. The second-order valence-corrected chi connectivity index (χ2v) is 7.00. The Balaban J connectivity index is 2.98. The number of hydrogen-bond donors (Lipinski definition) is 2. The molecule has 1 rings (SSSR count). The molecule has 0 atom stereocenters. The first-order valence-corrected chi connectivity index (χ1v) is 8.25. The van der Waals surface area contributed by atoms with Crippen molar-refractivity contribution in [3.05, 3.63) is 29.8 Å². The van der Waals surface area contributed by atoms with Crippen LogP contribution < -0.4 is 10.6 Å². The summed E-state index contributed by atoms with van der Waals surface area (Å²) in [5.74, 6) is -0.283. The molecule has 118 valence electrons. The van der Waals surface area contributed by atoms with Gasteiger partial charge in [0.15, 0.2) is 0 Å². The number of benzene rings is 1. The zero-order valence-electron chi connectivity index (χ0n) is 12.9. The van der Waals surface area contributed by atoms with Crippen molar-refractivity contribution in [3.8, 4) is 0 Å². The molecule has 0 aliphatic heterocycles. The molecule has 21 heavy (non-hydrogen) atoms. The highest BCUT2D eigenvalue weighted by Gasteiger charge is 2.23. The van der Waals surface area contributed by atoms with Crippen molar-refractivity contribution < 1.29 is 13.2 Å². The van der Waals surface area contributed by atoms with Crippen LogP contribution in [-0.4, -0.2) is 51.9 Å². The molecule has 1 amide bonds. The summed E-state index contributed by atoms with van der Waals surface area (Å²) in [4.78, 5) is 12.1.